The number of sulfonamides is 1. The number of carbonyl (C=O) groups excluding carboxylic acids is 2. The van der Waals surface area contributed by atoms with E-state index in [-0.39, 0.29) is 4.90 Å². The van der Waals surface area contributed by atoms with Crippen LogP contribution in [-0.2, 0) is 19.6 Å². The number of hydrogen-bond donors (Lipinski definition) is 0. The molecule has 1 aliphatic rings. The molecule has 0 radical (unpaired) electrons. The number of benzene rings is 2. The standard InChI is InChI=1S/C19H14N2O5S/c1-12-18(19(20-26-12)13-7-3-2-4-8-13)14-9-5-6-10-15(14)27(24,25)21-16(22)11-17(21)23/h2-10H,11H2,1H3. The summed E-state index contributed by atoms with van der Waals surface area (Å²) in [6, 6.07) is 15.4. The van der Waals surface area contributed by atoms with Crippen molar-refractivity contribution in [3.05, 3.63) is 60.4 Å². The fraction of sp³-hybridized carbons (Fsp3) is 0.105. The van der Waals surface area contributed by atoms with E-state index in [1.165, 1.54) is 12.1 Å². The number of β-lactam (4-membered cyclic amide) rings is 2. The van der Waals surface area contributed by atoms with Crippen LogP contribution in [0.3, 0.4) is 0 Å². The molecule has 1 aromatic heterocycles. The van der Waals surface area contributed by atoms with Crippen LogP contribution >= 0.6 is 0 Å². The summed E-state index contributed by atoms with van der Waals surface area (Å²) in [7, 11) is -4.31. The first kappa shape index (κ1) is 17.2. The first-order chi connectivity index (χ1) is 12.9. The molecule has 0 atom stereocenters. The average Bonchev–Trinajstić information content (AvgIpc) is 3.03. The normalized spacial score (nSPS) is 14.3. The highest BCUT2D eigenvalue weighted by Gasteiger charge is 2.45. The molecule has 2 aromatic carbocycles. The third kappa shape index (κ3) is 2.65. The van der Waals surface area contributed by atoms with Crippen molar-refractivity contribution >= 4 is 21.8 Å². The van der Waals surface area contributed by atoms with Crippen LogP contribution in [0.4, 0.5) is 0 Å². The van der Waals surface area contributed by atoms with Crippen molar-refractivity contribution < 1.29 is 22.5 Å². The van der Waals surface area contributed by atoms with E-state index in [2.05, 4.69) is 5.16 Å². The van der Waals surface area contributed by atoms with Crippen LogP contribution in [0.2, 0.25) is 0 Å². The van der Waals surface area contributed by atoms with E-state index in [1.54, 1.807) is 19.1 Å². The SMILES string of the molecule is Cc1onc(-c2ccccc2)c1-c1ccccc1S(=O)(=O)N1C(=O)CC1=O. The Balaban J connectivity index is 1.93. The maximum Gasteiger partial charge on any atom is 0.273 e. The lowest BCUT2D eigenvalue weighted by molar-refractivity contribution is -0.150. The minimum absolute atomic E-state index is 0.144. The van der Waals surface area contributed by atoms with Crippen molar-refractivity contribution in [3.8, 4) is 22.4 Å². The Morgan fingerprint density at radius 3 is 2.26 bits per heavy atom. The van der Waals surface area contributed by atoms with Crippen molar-refractivity contribution in [2.45, 2.75) is 18.2 Å². The van der Waals surface area contributed by atoms with Crippen molar-refractivity contribution in [3.63, 3.8) is 0 Å². The highest BCUT2D eigenvalue weighted by molar-refractivity contribution is 7.90. The number of amides is 2. The molecule has 2 amide bonds. The molecule has 1 fully saturated rings. The Labute approximate surface area is 155 Å². The monoisotopic (exact) mass is 382 g/mol. The predicted molar refractivity (Wildman–Crippen MR) is 95.8 cm³/mol. The summed E-state index contributed by atoms with van der Waals surface area (Å²) in [5, 5.41) is 4.08. The number of imide groups is 1. The van der Waals surface area contributed by atoms with Gasteiger partial charge in [0, 0.05) is 11.1 Å². The van der Waals surface area contributed by atoms with E-state index in [4.69, 9.17) is 4.52 Å². The lowest BCUT2D eigenvalue weighted by Gasteiger charge is -2.28. The van der Waals surface area contributed by atoms with Gasteiger partial charge in [-0.2, -0.15) is 4.31 Å². The van der Waals surface area contributed by atoms with Crippen LogP contribution < -0.4 is 0 Å². The molecule has 0 saturated carbocycles. The second kappa shape index (κ2) is 6.17. The first-order valence-electron chi connectivity index (χ1n) is 8.13. The molecule has 2 heterocycles. The first-order valence-corrected chi connectivity index (χ1v) is 9.57. The van der Waals surface area contributed by atoms with Gasteiger partial charge in [-0.1, -0.05) is 53.7 Å². The molecule has 136 valence electrons. The molecule has 0 aliphatic carbocycles. The summed E-state index contributed by atoms with van der Waals surface area (Å²) < 4.78 is 31.5. The maximum absolute atomic E-state index is 12.9. The molecule has 27 heavy (non-hydrogen) atoms. The summed E-state index contributed by atoms with van der Waals surface area (Å²) in [6.45, 7) is 1.68. The molecule has 0 N–H and O–H groups in total. The van der Waals surface area contributed by atoms with Gasteiger partial charge in [-0.05, 0) is 13.0 Å². The van der Waals surface area contributed by atoms with Gasteiger partial charge in [0.25, 0.3) is 21.8 Å². The van der Waals surface area contributed by atoms with Gasteiger partial charge in [-0.3, -0.25) is 9.59 Å². The molecule has 3 aromatic rings. The van der Waals surface area contributed by atoms with Gasteiger partial charge in [0.15, 0.2) is 0 Å². The second-order valence-corrected chi connectivity index (χ2v) is 7.81. The summed E-state index contributed by atoms with van der Waals surface area (Å²) in [5.74, 6) is -1.04. The van der Waals surface area contributed by atoms with Crippen molar-refractivity contribution in [2.24, 2.45) is 0 Å². The molecule has 1 saturated heterocycles. The Kier molecular flexibility index (Phi) is 3.92. The van der Waals surface area contributed by atoms with Crippen molar-refractivity contribution in [2.75, 3.05) is 0 Å². The molecule has 8 heteroatoms. The maximum atomic E-state index is 12.9. The second-order valence-electron chi connectivity index (χ2n) is 6.06. The van der Waals surface area contributed by atoms with E-state index < -0.39 is 28.3 Å². The zero-order valence-corrected chi connectivity index (χ0v) is 15.1. The van der Waals surface area contributed by atoms with Crippen LogP contribution in [0.1, 0.15) is 12.2 Å². The Bertz CT molecular complexity index is 1150. The molecular weight excluding hydrogens is 368 g/mol. The van der Waals surface area contributed by atoms with Crippen molar-refractivity contribution in [1.82, 2.24) is 9.46 Å². The van der Waals surface area contributed by atoms with Crippen LogP contribution in [0, 0.1) is 6.92 Å². The largest absolute Gasteiger partial charge is 0.360 e. The highest BCUT2D eigenvalue weighted by atomic mass is 32.2. The van der Waals surface area contributed by atoms with Gasteiger partial charge in [0.2, 0.25) is 0 Å². The number of aromatic nitrogens is 1. The molecule has 0 bridgehead atoms. The smallest absolute Gasteiger partial charge is 0.273 e. The van der Waals surface area contributed by atoms with E-state index >= 15 is 0 Å². The fourth-order valence-electron chi connectivity index (χ4n) is 3.07. The fourth-order valence-corrected chi connectivity index (χ4v) is 4.63. The lowest BCUT2D eigenvalue weighted by atomic mass is 9.99. The van der Waals surface area contributed by atoms with Crippen LogP contribution in [0.5, 0.6) is 0 Å². The molecule has 0 spiro atoms. The molecule has 4 rings (SSSR count). The number of nitrogens with zero attached hydrogens (tertiary/aromatic N) is 2. The summed E-state index contributed by atoms with van der Waals surface area (Å²) in [4.78, 5) is 23.3. The van der Waals surface area contributed by atoms with Gasteiger partial charge in [0.05, 0.1) is 10.5 Å². The third-order valence-electron chi connectivity index (χ3n) is 4.34. The quantitative estimate of drug-likeness (QED) is 0.508. The average molecular weight is 382 g/mol. The van der Waals surface area contributed by atoms with E-state index in [1.807, 2.05) is 30.3 Å². The molecule has 7 nitrogen and oxygen atoms in total. The predicted octanol–water partition coefficient (Wildman–Crippen LogP) is 2.76. The van der Waals surface area contributed by atoms with Gasteiger partial charge in [-0.25, -0.2) is 8.42 Å². The summed E-state index contributed by atoms with van der Waals surface area (Å²) in [5.41, 5.74) is 2.06. The molecular formula is C19H14N2O5S. The zero-order valence-electron chi connectivity index (χ0n) is 14.2. The lowest BCUT2D eigenvalue weighted by Crippen LogP contribution is -2.52. The number of rotatable bonds is 4. The minimum atomic E-state index is -4.31. The van der Waals surface area contributed by atoms with Crippen LogP contribution in [0.25, 0.3) is 22.4 Å². The topological polar surface area (TPSA) is 97.6 Å². The Morgan fingerprint density at radius 2 is 1.59 bits per heavy atom. The van der Waals surface area contributed by atoms with Gasteiger partial charge in [0.1, 0.15) is 17.9 Å². The summed E-state index contributed by atoms with van der Waals surface area (Å²) >= 11 is 0. The zero-order chi connectivity index (χ0) is 19.2. The number of carbonyl (C=O) groups is 2. The van der Waals surface area contributed by atoms with Gasteiger partial charge >= 0.3 is 0 Å². The minimum Gasteiger partial charge on any atom is -0.360 e. The van der Waals surface area contributed by atoms with Gasteiger partial charge in [-0.15, -0.1) is 0 Å². The summed E-state index contributed by atoms with van der Waals surface area (Å²) in [6.07, 6.45) is -0.400. The van der Waals surface area contributed by atoms with Crippen LogP contribution in [-0.4, -0.2) is 29.7 Å². The number of aryl methyl sites for hydroxylation is 1. The highest BCUT2D eigenvalue weighted by Crippen LogP contribution is 2.39. The van der Waals surface area contributed by atoms with Gasteiger partial charge < -0.3 is 4.52 Å². The van der Waals surface area contributed by atoms with E-state index in [0.29, 0.717) is 26.9 Å². The van der Waals surface area contributed by atoms with Crippen LogP contribution in [0.15, 0.2) is 64.0 Å². The third-order valence-corrected chi connectivity index (χ3v) is 6.14. The van der Waals surface area contributed by atoms with E-state index in [9.17, 15) is 18.0 Å². The molecule has 1 aliphatic heterocycles. The number of hydrogen-bond acceptors (Lipinski definition) is 6. The Morgan fingerprint density at radius 1 is 0.963 bits per heavy atom. The van der Waals surface area contributed by atoms with E-state index in [0.717, 1.165) is 5.56 Å². The van der Waals surface area contributed by atoms with Crippen molar-refractivity contribution in [1.29, 1.82) is 0 Å². The Hall–Kier alpha value is -3.26. The molecule has 0 unspecified atom stereocenters.